The Morgan fingerprint density at radius 2 is 1.89 bits per heavy atom. The Morgan fingerprint density at radius 1 is 1.21 bits per heavy atom. The van der Waals surface area contributed by atoms with E-state index in [-0.39, 0.29) is 5.91 Å². The molecule has 0 heterocycles. The van der Waals surface area contributed by atoms with Gasteiger partial charge in [-0.2, -0.15) is 0 Å². The van der Waals surface area contributed by atoms with Crippen molar-refractivity contribution in [3.8, 4) is 0 Å². The second kappa shape index (κ2) is 9.75. The van der Waals surface area contributed by atoms with Crippen molar-refractivity contribution in [2.75, 3.05) is 5.32 Å². The van der Waals surface area contributed by atoms with Gasteiger partial charge in [0, 0.05) is 14.5 Å². The topological polar surface area (TPSA) is 29.1 Å². The van der Waals surface area contributed by atoms with Crippen molar-refractivity contribution in [2.45, 2.75) is 51.9 Å². The number of halogens is 2. The molecule has 4 heteroatoms. The van der Waals surface area contributed by atoms with Crippen molar-refractivity contribution in [2.24, 2.45) is 0 Å². The Balaban J connectivity index is 2.25. The Bertz CT molecular complexity index is 409. The quantitative estimate of drug-likeness (QED) is 0.407. The average Bonchev–Trinajstić information content (AvgIpc) is 2.38. The van der Waals surface area contributed by atoms with Gasteiger partial charge in [-0.15, -0.1) is 0 Å². The summed E-state index contributed by atoms with van der Waals surface area (Å²) in [6, 6.07) is 5.94. The van der Waals surface area contributed by atoms with Crippen LogP contribution in [0.15, 0.2) is 22.7 Å². The Hall–Kier alpha value is -0.100. The minimum atomic E-state index is 0.109. The van der Waals surface area contributed by atoms with E-state index in [0.717, 1.165) is 26.6 Å². The lowest BCUT2D eigenvalue weighted by Gasteiger charge is -2.08. The van der Waals surface area contributed by atoms with Crippen molar-refractivity contribution in [3.05, 3.63) is 26.2 Å². The van der Waals surface area contributed by atoms with Crippen molar-refractivity contribution in [3.63, 3.8) is 0 Å². The molecule has 1 aromatic rings. The van der Waals surface area contributed by atoms with Gasteiger partial charge in [-0.05, 0) is 63.1 Å². The molecule has 0 saturated carbocycles. The minimum absolute atomic E-state index is 0.109. The summed E-state index contributed by atoms with van der Waals surface area (Å²) in [4.78, 5) is 11.8. The van der Waals surface area contributed by atoms with Gasteiger partial charge in [0.15, 0.2) is 0 Å². The summed E-state index contributed by atoms with van der Waals surface area (Å²) in [6.07, 6.45) is 7.86. The highest BCUT2D eigenvalue weighted by molar-refractivity contribution is 14.1. The fourth-order valence-corrected chi connectivity index (χ4v) is 2.71. The number of rotatable bonds is 8. The number of carbonyl (C=O) groups excluding carboxylic acids is 1. The van der Waals surface area contributed by atoms with Crippen molar-refractivity contribution in [1.82, 2.24) is 0 Å². The zero-order valence-electron chi connectivity index (χ0n) is 11.3. The third kappa shape index (κ3) is 7.30. The predicted octanol–water partition coefficient (Wildman–Crippen LogP) is 5.74. The molecule has 0 spiro atoms. The van der Waals surface area contributed by atoms with Crippen molar-refractivity contribution < 1.29 is 4.79 Å². The Morgan fingerprint density at radius 3 is 2.63 bits per heavy atom. The molecule has 1 aromatic carbocycles. The smallest absolute Gasteiger partial charge is 0.224 e. The van der Waals surface area contributed by atoms with Gasteiger partial charge in [0.2, 0.25) is 5.91 Å². The molecular weight excluding hydrogens is 417 g/mol. The molecule has 1 amide bonds. The maximum atomic E-state index is 11.8. The van der Waals surface area contributed by atoms with Gasteiger partial charge in [0.25, 0.3) is 0 Å². The van der Waals surface area contributed by atoms with Gasteiger partial charge < -0.3 is 5.32 Å². The number of amides is 1. The van der Waals surface area contributed by atoms with Crippen LogP contribution in [0.4, 0.5) is 5.69 Å². The lowest BCUT2D eigenvalue weighted by Crippen LogP contribution is -2.11. The molecule has 1 N–H and O–H groups in total. The van der Waals surface area contributed by atoms with E-state index in [9.17, 15) is 4.79 Å². The van der Waals surface area contributed by atoms with Crippen LogP contribution in [0.25, 0.3) is 0 Å². The summed E-state index contributed by atoms with van der Waals surface area (Å²) in [5.41, 5.74) is 0.864. The van der Waals surface area contributed by atoms with Gasteiger partial charge in [0.05, 0.1) is 5.69 Å². The second-order valence-corrected chi connectivity index (χ2v) is 6.79. The fraction of sp³-hybridized carbons (Fsp3) is 0.533. The van der Waals surface area contributed by atoms with E-state index in [4.69, 9.17) is 0 Å². The highest BCUT2D eigenvalue weighted by atomic mass is 127. The molecule has 106 valence electrons. The molecule has 0 atom stereocenters. The maximum absolute atomic E-state index is 11.8. The van der Waals surface area contributed by atoms with Gasteiger partial charge >= 0.3 is 0 Å². The number of hydrogen-bond acceptors (Lipinski definition) is 1. The van der Waals surface area contributed by atoms with E-state index in [1.165, 1.54) is 25.7 Å². The molecule has 0 aliphatic rings. The van der Waals surface area contributed by atoms with Crippen LogP contribution in [0, 0.1) is 3.57 Å². The summed E-state index contributed by atoms with van der Waals surface area (Å²) in [5.74, 6) is 0.109. The molecule has 0 fully saturated rings. The molecule has 0 unspecified atom stereocenters. The first-order valence-electron chi connectivity index (χ1n) is 6.88. The molecule has 1 rings (SSSR count). The third-order valence-corrected chi connectivity index (χ3v) is 4.32. The maximum Gasteiger partial charge on any atom is 0.224 e. The van der Waals surface area contributed by atoms with E-state index >= 15 is 0 Å². The zero-order chi connectivity index (χ0) is 14.1. The van der Waals surface area contributed by atoms with Crippen LogP contribution in [0.3, 0.4) is 0 Å². The number of anilines is 1. The first-order valence-corrected chi connectivity index (χ1v) is 8.75. The van der Waals surface area contributed by atoms with Crippen LogP contribution >= 0.6 is 38.5 Å². The van der Waals surface area contributed by atoms with E-state index in [0.29, 0.717) is 6.42 Å². The standard InChI is InChI=1S/C15H21BrINO/c1-2-3-4-5-6-7-8-15(19)18-14-11-12(17)9-10-13(14)16/h9-11H,2-8H2,1H3,(H,18,19). The van der Waals surface area contributed by atoms with Gasteiger partial charge in [-0.3, -0.25) is 4.79 Å². The molecule has 0 aromatic heterocycles. The van der Waals surface area contributed by atoms with Crippen LogP contribution in [-0.2, 0) is 4.79 Å². The van der Waals surface area contributed by atoms with Crippen LogP contribution in [0.2, 0.25) is 0 Å². The molecule has 0 aliphatic heterocycles. The van der Waals surface area contributed by atoms with E-state index in [2.05, 4.69) is 50.8 Å². The summed E-state index contributed by atoms with van der Waals surface area (Å²) in [6.45, 7) is 2.21. The molecule has 19 heavy (non-hydrogen) atoms. The Kier molecular flexibility index (Phi) is 8.70. The summed E-state index contributed by atoms with van der Waals surface area (Å²) >= 11 is 5.70. The second-order valence-electron chi connectivity index (χ2n) is 4.69. The Labute approximate surface area is 138 Å². The van der Waals surface area contributed by atoms with Crippen LogP contribution in [0.1, 0.15) is 51.9 Å². The van der Waals surface area contributed by atoms with Crippen molar-refractivity contribution in [1.29, 1.82) is 0 Å². The number of hydrogen-bond donors (Lipinski definition) is 1. The molecular formula is C15H21BrINO. The largest absolute Gasteiger partial charge is 0.325 e. The number of benzene rings is 1. The highest BCUT2D eigenvalue weighted by Crippen LogP contribution is 2.24. The SMILES string of the molecule is CCCCCCCCC(=O)Nc1cc(I)ccc1Br. The van der Waals surface area contributed by atoms with E-state index in [1.807, 2.05) is 18.2 Å². The normalized spacial score (nSPS) is 10.5. The van der Waals surface area contributed by atoms with Gasteiger partial charge in [-0.25, -0.2) is 0 Å². The third-order valence-electron chi connectivity index (χ3n) is 2.96. The molecule has 0 saturated heterocycles. The van der Waals surface area contributed by atoms with E-state index in [1.54, 1.807) is 0 Å². The molecule has 2 nitrogen and oxygen atoms in total. The zero-order valence-corrected chi connectivity index (χ0v) is 15.1. The minimum Gasteiger partial charge on any atom is -0.325 e. The van der Waals surface area contributed by atoms with E-state index < -0.39 is 0 Å². The molecule has 0 bridgehead atoms. The van der Waals surface area contributed by atoms with Gasteiger partial charge in [-0.1, -0.05) is 39.0 Å². The van der Waals surface area contributed by atoms with Crippen molar-refractivity contribution >= 4 is 50.1 Å². The van der Waals surface area contributed by atoms with Crippen LogP contribution in [-0.4, -0.2) is 5.91 Å². The number of unbranched alkanes of at least 4 members (excludes halogenated alkanes) is 5. The summed E-state index contributed by atoms with van der Waals surface area (Å²) in [5, 5.41) is 2.96. The summed E-state index contributed by atoms with van der Waals surface area (Å²) < 4.78 is 2.06. The van der Waals surface area contributed by atoms with Gasteiger partial charge in [0.1, 0.15) is 0 Å². The monoisotopic (exact) mass is 437 g/mol. The average molecular weight is 438 g/mol. The predicted molar refractivity (Wildman–Crippen MR) is 93.5 cm³/mol. The number of nitrogens with one attached hydrogen (secondary N) is 1. The number of carbonyl (C=O) groups is 1. The lowest BCUT2D eigenvalue weighted by atomic mass is 10.1. The first-order chi connectivity index (χ1) is 9.13. The highest BCUT2D eigenvalue weighted by Gasteiger charge is 2.05. The van der Waals surface area contributed by atoms with Crippen LogP contribution in [0.5, 0.6) is 0 Å². The molecule has 0 aliphatic carbocycles. The van der Waals surface area contributed by atoms with Crippen LogP contribution < -0.4 is 5.32 Å². The lowest BCUT2D eigenvalue weighted by molar-refractivity contribution is -0.116. The fourth-order valence-electron chi connectivity index (χ4n) is 1.87. The summed E-state index contributed by atoms with van der Waals surface area (Å²) in [7, 11) is 0. The first kappa shape index (κ1) is 17.0. The molecule has 0 radical (unpaired) electrons.